The van der Waals surface area contributed by atoms with E-state index in [0.29, 0.717) is 0 Å². The normalized spacial score (nSPS) is 6.78. The van der Waals surface area contributed by atoms with E-state index in [4.69, 9.17) is 0 Å². The molecular weight excluding hydrogens is 203 g/mol. The smallest absolute Gasteiger partial charge is 0.358 e. The van der Waals surface area contributed by atoms with E-state index in [0.717, 1.165) is 0 Å². The van der Waals surface area contributed by atoms with Crippen molar-refractivity contribution in [3.63, 3.8) is 0 Å². The molecule has 0 nitrogen and oxygen atoms in total. The summed E-state index contributed by atoms with van der Waals surface area (Å²) in [6.45, 7) is 2.08. The summed E-state index contributed by atoms with van der Waals surface area (Å²) >= 11 is 0. The van der Waals surface area contributed by atoms with Crippen LogP contribution in [0.1, 0.15) is 5.56 Å². The van der Waals surface area contributed by atoms with E-state index >= 15 is 0 Å². The summed E-state index contributed by atoms with van der Waals surface area (Å²) < 4.78 is 0. The minimum absolute atomic E-state index is 0. The monoisotopic (exact) mass is 213 g/mol. The van der Waals surface area contributed by atoms with Gasteiger partial charge in [0.2, 0.25) is 0 Å². The molecule has 0 atom stereocenters. The maximum atomic E-state index is 2.08. The molecule has 0 spiro atoms. The van der Waals surface area contributed by atoms with E-state index in [1.54, 1.807) is 0 Å². The molecule has 1 rings (SSSR count). The standard InChI is InChI=1S/C7H8.CH3.Pd/c1-7-5-3-2-4-6-7;;/h2-6H,1H3;1H3;/q;-1;+2. The van der Waals surface area contributed by atoms with Crippen LogP contribution in [-0.4, -0.2) is 0 Å². The van der Waals surface area contributed by atoms with Gasteiger partial charge in [-0.3, -0.25) is 0 Å². The van der Waals surface area contributed by atoms with E-state index in [1.165, 1.54) is 5.56 Å². The molecule has 0 amide bonds. The van der Waals surface area contributed by atoms with Crippen molar-refractivity contribution in [1.29, 1.82) is 0 Å². The van der Waals surface area contributed by atoms with Crippen molar-refractivity contribution in [3.05, 3.63) is 43.3 Å². The molecule has 0 radical (unpaired) electrons. The molecule has 0 saturated heterocycles. The molecule has 0 aliphatic carbocycles. The van der Waals surface area contributed by atoms with Crippen molar-refractivity contribution in [2.75, 3.05) is 0 Å². The third-order valence-corrected chi connectivity index (χ3v) is 0.940. The average molecular weight is 214 g/mol. The van der Waals surface area contributed by atoms with Gasteiger partial charge in [0.15, 0.2) is 0 Å². The Morgan fingerprint density at radius 2 is 2.00 bits per heavy atom. The number of aryl methyl sites for hydroxylation is 1. The van der Waals surface area contributed by atoms with E-state index in [-0.39, 0.29) is 27.8 Å². The molecule has 0 bridgehead atoms. The molecule has 9 heavy (non-hydrogen) atoms. The minimum atomic E-state index is 0. The fourth-order valence-corrected chi connectivity index (χ4v) is 0.534. The van der Waals surface area contributed by atoms with E-state index < -0.39 is 0 Å². The quantitative estimate of drug-likeness (QED) is 0.459. The van der Waals surface area contributed by atoms with Crippen molar-refractivity contribution < 1.29 is 20.4 Å². The van der Waals surface area contributed by atoms with Crippen molar-refractivity contribution in [1.82, 2.24) is 0 Å². The van der Waals surface area contributed by atoms with Crippen molar-refractivity contribution in [3.8, 4) is 0 Å². The van der Waals surface area contributed by atoms with Gasteiger partial charge in [-0.1, -0.05) is 37.3 Å². The summed E-state index contributed by atoms with van der Waals surface area (Å²) in [5.74, 6) is 0. The second-order valence-corrected chi connectivity index (χ2v) is 1.65. The van der Waals surface area contributed by atoms with Gasteiger partial charge in [-0.05, 0) is 5.56 Å². The Labute approximate surface area is 70.9 Å². The number of rotatable bonds is 0. The Morgan fingerprint density at radius 1 is 1.33 bits per heavy atom. The van der Waals surface area contributed by atoms with Gasteiger partial charge >= 0.3 is 20.4 Å². The fraction of sp³-hybridized carbons (Fsp3) is 0.125. The van der Waals surface area contributed by atoms with Crippen LogP contribution in [0.3, 0.4) is 0 Å². The molecular formula is C8H11Pd+. The first-order valence-electron chi connectivity index (χ1n) is 2.41. The van der Waals surface area contributed by atoms with Gasteiger partial charge in [-0.25, -0.2) is 0 Å². The number of hydrogen-bond acceptors (Lipinski definition) is 0. The van der Waals surface area contributed by atoms with Crippen LogP contribution in [0.2, 0.25) is 0 Å². The van der Waals surface area contributed by atoms with Crippen molar-refractivity contribution in [2.45, 2.75) is 6.92 Å². The molecule has 0 saturated carbocycles. The first-order valence-corrected chi connectivity index (χ1v) is 2.41. The first-order chi connectivity index (χ1) is 3.39. The average Bonchev–Trinajstić information content (AvgIpc) is 1.69. The maximum Gasteiger partial charge on any atom is 2.00 e. The second kappa shape index (κ2) is 6.01. The van der Waals surface area contributed by atoms with Gasteiger partial charge in [0.25, 0.3) is 0 Å². The Bertz CT molecular complexity index is 134. The van der Waals surface area contributed by atoms with Crippen LogP contribution in [0.5, 0.6) is 0 Å². The summed E-state index contributed by atoms with van der Waals surface area (Å²) in [5.41, 5.74) is 1.32. The zero-order valence-electron chi connectivity index (χ0n) is 5.70. The van der Waals surface area contributed by atoms with Gasteiger partial charge in [0, 0.05) is 0 Å². The molecule has 52 valence electrons. The number of benzene rings is 1. The van der Waals surface area contributed by atoms with Crippen LogP contribution >= 0.6 is 0 Å². The molecule has 0 aromatic heterocycles. The Morgan fingerprint density at radius 3 is 2.22 bits per heavy atom. The molecule has 0 heterocycles. The van der Waals surface area contributed by atoms with Crippen LogP contribution in [0, 0.1) is 14.4 Å². The third-order valence-electron chi connectivity index (χ3n) is 0.940. The largest absolute Gasteiger partial charge is 2.00 e. The van der Waals surface area contributed by atoms with Crippen molar-refractivity contribution >= 4 is 0 Å². The molecule has 0 aliphatic heterocycles. The Balaban J connectivity index is 0. The SMILES string of the molecule is C[c-]1cccc[cH+]1.[CH3-].[Pd+2]. The van der Waals surface area contributed by atoms with Crippen LogP contribution in [0.15, 0.2) is 30.3 Å². The third kappa shape index (κ3) is 4.39. The minimum Gasteiger partial charge on any atom is -0.358 e. The van der Waals surface area contributed by atoms with Crippen LogP contribution in [0.4, 0.5) is 0 Å². The molecule has 0 fully saturated rings. The summed E-state index contributed by atoms with van der Waals surface area (Å²) in [6, 6.07) is 10.3. The summed E-state index contributed by atoms with van der Waals surface area (Å²) in [7, 11) is 0. The van der Waals surface area contributed by atoms with Gasteiger partial charge in [-0.15, -0.1) is 0 Å². The molecule has 0 aliphatic rings. The molecule has 0 N–H and O–H groups in total. The molecule has 1 aromatic rings. The van der Waals surface area contributed by atoms with Crippen LogP contribution in [-0.2, 0) is 20.4 Å². The summed E-state index contributed by atoms with van der Waals surface area (Å²) in [4.78, 5) is 0. The van der Waals surface area contributed by atoms with E-state index in [1.807, 2.05) is 18.2 Å². The fourth-order valence-electron chi connectivity index (χ4n) is 0.534. The zero-order valence-corrected chi connectivity index (χ0v) is 7.26. The Kier molecular flexibility index (Phi) is 7.78. The van der Waals surface area contributed by atoms with Gasteiger partial charge in [0.1, 0.15) is 0 Å². The predicted molar refractivity (Wildman–Crippen MR) is 37.6 cm³/mol. The van der Waals surface area contributed by atoms with E-state index in [2.05, 4.69) is 19.1 Å². The van der Waals surface area contributed by atoms with Gasteiger partial charge in [-0.2, -0.15) is 0 Å². The van der Waals surface area contributed by atoms with E-state index in [9.17, 15) is 0 Å². The zero-order chi connectivity index (χ0) is 5.11. The molecule has 1 heteroatoms. The number of hydrogen-bond donors (Lipinski definition) is 0. The van der Waals surface area contributed by atoms with Gasteiger partial charge < -0.3 is 7.43 Å². The second-order valence-electron chi connectivity index (χ2n) is 1.65. The summed E-state index contributed by atoms with van der Waals surface area (Å²) in [5, 5.41) is 0. The first kappa shape index (κ1) is 11.7. The van der Waals surface area contributed by atoms with Crippen molar-refractivity contribution in [2.24, 2.45) is 0 Å². The topological polar surface area (TPSA) is 0 Å². The summed E-state index contributed by atoms with van der Waals surface area (Å²) in [6.07, 6.45) is 0. The predicted octanol–water partition coefficient (Wildman–Crippen LogP) is 2.44. The Hall–Kier alpha value is -0.118. The maximum absolute atomic E-state index is 2.08. The van der Waals surface area contributed by atoms with Gasteiger partial charge in [0.05, 0.1) is 0 Å². The van der Waals surface area contributed by atoms with Crippen LogP contribution in [0.25, 0.3) is 0 Å². The van der Waals surface area contributed by atoms with Crippen LogP contribution < -0.4 is 0 Å². The molecule has 0 unspecified atom stereocenters. The molecule has 1 aromatic carbocycles.